The van der Waals surface area contributed by atoms with Crippen molar-refractivity contribution in [3.63, 3.8) is 0 Å². The Morgan fingerprint density at radius 2 is 1.71 bits per heavy atom. The van der Waals surface area contributed by atoms with Crippen molar-refractivity contribution in [1.29, 1.82) is 0 Å². The van der Waals surface area contributed by atoms with Crippen LogP contribution in [0.1, 0.15) is 5.69 Å². The Kier molecular flexibility index (Phi) is 3.77. The highest BCUT2D eigenvalue weighted by molar-refractivity contribution is 5.52. The van der Waals surface area contributed by atoms with E-state index in [0.717, 1.165) is 11.3 Å². The van der Waals surface area contributed by atoms with Crippen LogP contribution in [0.2, 0.25) is 0 Å². The van der Waals surface area contributed by atoms with E-state index in [-0.39, 0.29) is 6.61 Å². The molecule has 0 spiro atoms. The Labute approximate surface area is 138 Å². The number of hydrogen-bond acceptors (Lipinski definition) is 5. The van der Waals surface area contributed by atoms with Gasteiger partial charge in [0.15, 0.2) is 0 Å². The van der Waals surface area contributed by atoms with Crippen molar-refractivity contribution in [1.82, 2.24) is 20.0 Å². The van der Waals surface area contributed by atoms with Gasteiger partial charge < -0.3 is 9.15 Å². The van der Waals surface area contributed by atoms with Gasteiger partial charge in [0.2, 0.25) is 5.89 Å². The summed E-state index contributed by atoms with van der Waals surface area (Å²) < 4.78 is 12.8. The van der Waals surface area contributed by atoms with E-state index in [2.05, 4.69) is 15.3 Å². The van der Waals surface area contributed by atoms with Gasteiger partial charge in [-0.3, -0.25) is 0 Å². The lowest BCUT2D eigenvalue weighted by Crippen LogP contribution is -1.96. The number of nitrogens with zero attached hydrogens (tertiary/aromatic N) is 4. The minimum absolute atomic E-state index is 0.268. The zero-order valence-electron chi connectivity index (χ0n) is 12.7. The highest BCUT2D eigenvalue weighted by atomic mass is 16.5. The first-order valence-electron chi connectivity index (χ1n) is 7.49. The molecule has 0 saturated heterocycles. The Morgan fingerprint density at radius 1 is 0.958 bits per heavy atom. The van der Waals surface area contributed by atoms with Crippen LogP contribution in [-0.4, -0.2) is 20.0 Å². The summed E-state index contributed by atoms with van der Waals surface area (Å²) in [7, 11) is 0. The molecule has 0 fully saturated rings. The van der Waals surface area contributed by atoms with Crippen LogP contribution in [0.3, 0.4) is 0 Å². The van der Waals surface area contributed by atoms with Crippen molar-refractivity contribution in [3.8, 4) is 23.0 Å². The standard InChI is InChI=1S/C18H14N4O2/c1-3-7-14(8-4-1)18-19-15(13-24-18)12-23-17-11-22(21-20-17)16-9-5-2-6-10-16/h1-11,13H,12H2. The minimum atomic E-state index is 0.268. The molecule has 0 aliphatic carbocycles. The average Bonchev–Trinajstić information content (AvgIpc) is 3.31. The molecule has 0 saturated carbocycles. The topological polar surface area (TPSA) is 66.0 Å². The summed E-state index contributed by atoms with van der Waals surface area (Å²) in [4.78, 5) is 4.41. The van der Waals surface area contributed by atoms with E-state index in [4.69, 9.17) is 9.15 Å². The van der Waals surface area contributed by atoms with Gasteiger partial charge in [0.05, 0.1) is 11.9 Å². The van der Waals surface area contributed by atoms with E-state index in [0.29, 0.717) is 17.5 Å². The van der Waals surface area contributed by atoms with E-state index < -0.39 is 0 Å². The van der Waals surface area contributed by atoms with Gasteiger partial charge >= 0.3 is 0 Å². The van der Waals surface area contributed by atoms with Crippen LogP contribution in [0.5, 0.6) is 5.88 Å². The zero-order chi connectivity index (χ0) is 16.2. The predicted octanol–water partition coefficient (Wildman–Crippen LogP) is 3.50. The van der Waals surface area contributed by atoms with Gasteiger partial charge in [0.1, 0.15) is 18.6 Å². The molecule has 0 N–H and O–H groups in total. The van der Waals surface area contributed by atoms with Crippen molar-refractivity contribution in [3.05, 3.63) is 78.8 Å². The molecule has 6 nitrogen and oxygen atoms in total. The summed E-state index contributed by atoms with van der Waals surface area (Å²) in [5.74, 6) is 1.00. The molecule has 2 aromatic heterocycles. The fourth-order valence-electron chi connectivity index (χ4n) is 2.26. The minimum Gasteiger partial charge on any atom is -0.469 e. The van der Waals surface area contributed by atoms with Crippen LogP contribution >= 0.6 is 0 Å². The Hall–Kier alpha value is -3.41. The molecule has 0 aliphatic rings. The van der Waals surface area contributed by atoms with Crippen molar-refractivity contribution in [2.24, 2.45) is 0 Å². The quantitative estimate of drug-likeness (QED) is 0.563. The smallest absolute Gasteiger partial charge is 0.254 e. The second-order valence-electron chi connectivity index (χ2n) is 5.14. The van der Waals surface area contributed by atoms with Crippen molar-refractivity contribution < 1.29 is 9.15 Å². The maximum atomic E-state index is 5.63. The summed E-state index contributed by atoms with van der Waals surface area (Å²) in [6.07, 6.45) is 3.32. The van der Waals surface area contributed by atoms with Gasteiger partial charge in [-0.25, -0.2) is 9.67 Å². The molecule has 6 heteroatoms. The van der Waals surface area contributed by atoms with Crippen molar-refractivity contribution >= 4 is 0 Å². The first-order valence-corrected chi connectivity index (χ1v) is 7.49. The lowest BCUT2D eigenvalue weighted by Gasteiger charge is -1.98. The second-order valence-corrected chi connectivity index (χ2v) is 5.14. The molecule has 0 unspecified atom stereocenters. The molecular weight excluding hydrogens is 304 g/mol. The number of para-hydroxylation sites is 1. The third-order valence-electron chi connectivity index (χ3n) is 3.43. The molecular formula is C18H14N4O2. The van der Waals surface area contributed by atoms with Crippen LogP contribution in [0, 0.1) is 0 Å². The molecule has 0 aliphatic heterocycles. The normalized spacial score (nSPS) is 10.7. The van der Waals surface area contributed by atoms with Gasteiger partial charge in [-0.2, -0.15) is 0 Å². The molecule has 0 atom stereocenters. The zero-order valence-corrected chi connectivity index (χ0v) is 12.7. The second kappa shape index (κ2) is 6.37. The van der Waals surface area contributed by atoms with Crippen LogP contribution in [-0.2, 0) is 6.61 Å². The van der Waals surface area contributed by atoms with E-state index >= 15 is 0 Å². The predicted molar refractivity (Wildman–Crippen MR) is 87.6 cm³/mol. The molecule has 0 radical (unpaired) electrons. The van der Waals surface area contributed by atoms with Crippen molar-refractivity contribution in [2.45, 2.75) is 6.61 Å². The third kappa shape index (κ3) is 3.03. The molecule has 4 rings (SSSR count). The molecule has 4 aromatic rings. The first kappa shape index (κ1) is 14.2. The van der Waals surface area contributed by atoms with E-state index in [1.807, 2.05) is 60.7 Å². The summed E-state index contributed by atoms with van der Waals surface area (Å²) in [5.41, 5.74) is 2.55. The molecule has 2 heterocycles. The Bertz CT molecular complexity index is 839. The first-order chi connectivity index (χ1) is 11.9. The van der Waals surface area contributed by atoms with Crippen LogP contribution in [0.25, 0.3) is 17.1 Å². The average molecular weight is 318 g/mol. The Balaban J connectivity index is 1.43. The molecule has 0 bridgehead atoms. The SMILES string of the molecule is c1ccc(-c2nc(COc3cn(-c4ccccc4)nn3)co2)cc1. The molecule has 118 valence electrons. The van der Waals surface area contributed by atoms with E-state index in [1.165, 1.54) is 0 Å². The number of ether oxygens (including phenoxy) is 1. The number of aromatic nitrogens is 4. The van der Waals surface area contributed by atoms with E-state index in [1.54, 1.807) is 17.1 Å². The lowest BCUT2D eigenvalue weighted by molar-refractivity contribution is 0.288. The number of oxazole rings is 1. The molecule has 24 heavy (non-hydrogen) atoms. The van der Waals surface area contributed by atoms with Crippen LogP contribution < -0.4 is 4.74 Å². The summed E-state index contributed by atoms with van der Waals surface area (Å²) in [6, 6.07) is 19.5. The van der Waals surface area contributed by atoms with Crippen LogP contribution in [0.15, 0.2) is 77.5 Å². The van der Waals surface area contributed by atoms with Gasteiger partial charge in [0, 0.05) is 5.56 Å². The summed E-state index contributed by atoms with van der Waals surface area (Å²) in [6.45, 7) is 0.268. The van der Waals surface area contributed by atoms with E-state index in [9.17, 15) is 0 Å². The summed E-state index contributed by atoms with van der Waals surface area (Å²) >= 11 is 0. The Morgan fingerprint density at radius 3 is 2.50 bits per heavy atom. The molecule has 0 amide bonds. The van der Waals surface area contributed by atoms with Gasteiger partial charge in [0.25, 0.3) is 5.88 Å². The van der Waals surface area contributed by atoms with Gasteiger partial charge in [-0.15, -0.1) is 0 Å². The highest BCUT2D eigenvalue weighted by Gasteiger charge is 2.08. The number of benzene rings is 2. The lowest BCUT2D eigenvalue weighted by atomic mass is 10.2. The van der Waals surface area contributed by atoms with Crippen LogP contribution in [0.4, 0.5) is 0 Å². The van der Waals surface area contributed by atoms with Crippen molar-refractivity contribution in [2.75, 3.05) is 0 Å². The maximum Gasteiger partial charge on any atom is 0.254 e. The maximum absolute atomic E-state index is 5.63. The molecule has 2 aromatic carbocycles. The number of rotatable bonds is 5. The fraction of sp³-hybridized carbons (Fsp3) is 0.0556. The van der Waals surface area contributed by atoms with Gasteiger partial charge in [-0.1, -0.05) is 46.7 Å². The number of hydrogen-bond donors (Lipinski definition) is 0. The van der Waals surface area contributed by atoms with Gasteiger partial charge in [-0.05, 0) is 24.3 Å². The fourth-order valence-corrected chi connectivity index (χ4v) is 2.26. The summed E-state index contributed by atoms with van der Waals surface area (Å²) in [5, 5.41) is 8.05. The largest absolute Gasteiger partial charge is 0.469 e. The highest BCUT2D eigenvalue weighted by Crippen LogP contribution is 2.19. The monoisotopic (exact) mass is 318 g/mol. The third-order valence-corrected chi connectivity index (χ3v) is 3.43.